The van der Waals surface area contributed by atoms with Gasteiger partial charge in [0.1, 0.15) is 0 Å². The minimum Gasteiger partial charge on any atom is -0.480 e. The molecule has 0 spiro atoms. The SMILES string of the molecule is O=C(O)[C@H](CO)NOS(=O)(=O)O. The Morgan fingerprint density at radius 1 is 1.58 bits per heavy atom. The van der Waals surface area contributed by atoms with Gasteiger partial charge in [-0.25, -0.2) is 0 Å². The summed E-state index contributed by atoms with van der Waals surface area (Å²) in [5.74, 6) is -1.51. The maximum Gasteiger partial charge on any atom is 0.413 e. The minimum absolute atomic E-state index is 0.870. The molecule has 9 heteroatoms. The second-order valence-electron chi connectivity index (χ2n) is 1.70. The van der Waals surface area contributed by atoms with Crippen LogP contribution in [0, 0.1) is 0 Å². The van der Waals surface area contributed by atoms with Crippen LogP contribution < -0.4 is 5.48 Å². The van der Waals surface area contributed by atoms with Crippen molar-refractivity contribution in [2.75, 3.05) is 6.61 Å². The van der Waals surface area contributed by atoms with Crippen molar-refractivity contribution < 1.29 is 32.3 Å². The molecule has 8 nitrogen and oxygen atoms in total. The van der Waals surface area contributed by atoms with Crippen LogP contribution in [0.4, 0.5) is 0 Å². The zero-order chi connectivity index (χ0) is 9.78. The maximum atomic E-state index is 10.1. The molecule has 0 aromatic rings. The van der Waals surface area contributed by atoms with Crippen molar-refractivity contribution in [3.05, 3.63) is 0 Å². The van der Waals surface area contributed by atoms with Crippen LogP contribution in [0.2, 0.25) is 0 Å². The van der Waals surface area contributed by atoms with E-state index in [4.69, 9.17) is 14.8 Å². The third kappa shape index (κ3) is 4.98. The van der Waals surface area contributed by atoms with E-state index in [0.29, 0.717) is 0 Å². The lowest BCUT2D eigenvalue weighted by molar-refractivity contribution is -0.142. The van der Waals surface area contributed by atoms with E-state index in [1.807, 2.05) is 0 Å². The third-order valence-electron chi connectivity index (χ3n) is 0.776. The van der Waals surface area contributed by atoms with Crippen LogP contribution in [0.1, 0.15) is 0 Å². The van der Waals surface area contributed by atoms with E-state index in [0.717, 1.165) is 0 Å². The quantitative estimate of drug-likeness (QED) is 0.289. The van der Waals surface area contributed by atoms with Crippen molar-refractivity contribution in [2.24, 2.45) is 0 Å². The first-order chi connectivity index (χ1) is 5.37. The Balaban J connectivity index is 3.98. The average Bonchev–Trinajstić information content (AvgIpc) is 1.85. The van der Waals surface area contributed by atoms with Crippen molar-refractivity contribution in [1.82, 2.24) is 5.48 Å². The summed E-state index contributed by atoms with van der Waals surface area (Å²) >= 11 is 0. The summed E-state index contributed by atoms with van der Waals surface area (Å²) in [7, 11) is -4.75. The number of hydrogen-bond acceptors (Lipinski definition) is 6. The summed E-state index contributed by atoms with van der Waals surface area (Å²) in [5.41, 5.74) is 1.42. The standard InChI is InChI=1S/C3H7NO7S/c5-1-2(3(6)7)4-11-12(8,9)10/h2,4-5H,1H2,(H,6,7)(H,8,9,10)/t2-/m0/s1. The molecule has 1 atom stereocenters. The molecule has 0 saturated heterocycles. The number of carbonyl (C=O) groups is 1. The maximum absolute atomic E-state index is 10.1. The Bertz CT molecular complexity index is 245. The molecule has 0 radical (unpaired) electrons. The van der Waals surface area contributed by atoms with Gasteiger partial charge >= 0.3 is 16.4 Å². The average molecular weight is 201 g/mol. The second-order valence-corrected chi connectivity index (χ2v) is 2.72. The number of aliphatic hydroxyl groups excluding tert-OH is 1. The molecule has 72 valence electrons. The normalized spacial score (nSPS) is 14.2. The summed E-state index contributed by atoms with van der Waals surface area (Å²) in [4.78, 5) is 10.1. The Labute approximate surface area is 67.7 Å². The van der Waals surface area contributed by atoms with E-state index in [1.165, 1.54) is 5.48 Å². The molecule has 12 heavy (non-hydrogen) atoms. The number of hydrogen-bond donors (Lipinski definition) is 4. The molecule has 4 N–H and O–H groups in total. The summed E-state index contributed by atoms with van der Waals surface area (Å²) < 4.78 is 31.2. The van der Waals surface area contributed by atoms with E-state index < -0.39 is 29.0 Å². The van der Waals surface area contributed by atoms with Gasteiger partial charge in [-0.3, -0.25) is 9.35 Å². The van der Waals surface area contributed by atoms with Crippen molar-refractivity contribution in [1.29, 1.82) is 0 Å². The number of rotatable bonds is 5. The van der Waals surface area contributed by atoms with Gasteiger partial charge in [0.05, 0.1) is 6.61 Å². The summed E-state index contributed by atoms with van der Waals surface area (Å²) in [6, 6.07) is -1.60. The van der Waals surface area contributed by atoms with Gasteiger partial charge in [0.25, 0.3) is 0 Å². The number of carboxylic acid groups (broad SMARTS) is 1. The third-order valence-corrected chi connectivity index (χ3v) is 1.08. The first-order valence-electron chi connectivity index (χ1n) is 2.62. The summed E-state index contributed by atoms with van der Waals surface area (Å²) in [6.07, 6.45) is 0. The molecule has 0 aromatic carbocycles. The number of aliphatic carboxylic acids is 1. The predicted molar refractivity (Wildman–Crippen MR) is 34.3 cm³/mol. The van der Waals surface area contributed by atoms with E-state index in [9.17, 15) is 13.2 Å². The van der Waals surface area contributed by atoms with Crippen LogP contribution in [0.5, 0.6) is 0 Å². The Kier molecular flexibility index (Phi) is 4.06. The van der Waals surface area contributed by atoms with Gasteiger partial charge in [0.15, 0.2) is 6.04 Å². The monoisotopic (exact) mass is 201 g/mol. The van der Waals surface area contributed by atoms with Crippen LogP contribution in [-0.4, -0.2) is 41.8 Å². The lowest BCUT2D eigenvalue weighted by atomic mass is 10.3. The molecule has 0 saturated carbocycles. The first kappa shape index (κ1) is 11.3. The first-order valence-corrected chi connectivity index (χ1v) is 3.98. The fourth-order valence-corrected chi connectivity index (χ4v) is 0.522. The Morgan fingerprint density at radius 2 is 2.08 bits per heavy atom. The van der Waals surface area contributed by atoms with Gasteiger partial charge < -0.3 is 10.2 Å². The predicted octanol–water partition coefficient (Wildman–Crippen LogP) is -2.24. The number of hydroxylamine groups is 1. The fourth-order valence-electron chi connectivity index (χ4n) is 0.285. The van der Waals surface area contributed by atoms with Crippen molar-refractivity contribution in [3.8, 4) is 0 Å². The second kappa shape index (κ2) is 4.33. The summed E-state index contributed by atoms with van der Waals surface area (Å²) in [6.45, 7) is -0.870. The molecule has 0 heterocycles. The topological polar surface area (TPSA) is 133 Å². The summed E-state index contributed by atoms with van der Waals surface area (Å²) in [5, 5.41) is 16.5. The van der Waals surface area contributed by atoms with Crippen LogP contribution >= 0.6 is 0 Å². The molecule has 0 bridgehead atoms. The number of aliphatic hydroxyl groups is 1. The molecule has 0 rings (SSSR count). The number of nitrogens with one attached hydrogen (secondary N) is 1. The van der Waals surface area contributed by atoms with Crippen LogP contribution in [0.15, 0.2) is 0 Å². The number of carboxylic acids is 1. The highest BCUT2D eigenvalue weighted by molar-refractivity contribution is 7.80. The van der Waals surface area contributed by atoms with Gasteiger partial charge in [0, 0.05) is 0 Å². The van der Waals surface area contributed by atoms with Gasteiger partial charge in [-0.2, -0.15) is 18.2 Å². The Hall–Kier alpha value is -0.740. The van der Waals surface area contributed by atoms with Crippen molar-refractivity contribution in [3.63, 3.8) is 0 Å². The van der Waals surface area contributed by atoms with Crippen molar-refractivity contribution >= 4 is 16.4 Å². The van der Waals surface area contributed by atoms with Gasteiger partial charge in [-0.05, 0) is 0 Å². The highest BCUT2D eigenvalue weighted by Crippen LogP contribution is 1.86. The molecule has 0 unspecified atom stereocenters. The zero-order valence-electron chi connectivity index (χ0n) is 5.67. The molecule has 0 aliphatic rings. The molecule has 0 aliphatic carbocycles. The van der Waals surface area contributed by atoms with E-state index in [2.05, 4.69) is 4.28 Å². The Morgan fingerprint density at radius 3 is 2.33 bits per heavy atom. The van der Waals surface area contributed by atoms with Gasteiger partial charge in [-0.1, -0.05) is 0 Å². The zero-order valence-corrected chi connectivity index (χ0v) is 6.48. The van der Waals surface area contributed by atoms with Crippen LogP contribution in [0.25, 0.3) is 0 Å². The smallest absolute Gasteiger partial charge is 0.413 e. The molecule has 0 amide bonds. The molecule has 0 aromatic heterocycles. The fraction of sp³-hybridized carbons (Fsp3) is 0.667. The minimum atomic E-state index is -4.75. The lowest BCUT2D eigenvalue weighted by Crippen LogP contribution is -2.40. The highest BCUT2D eigenvalue weighted by atomic mass is 32.3. The van der Waals surface area contributed by atoms with E-state index in [-0.39, 0.29) is 0 Å². The van der Waals surface area contributed by atoms with Gasteiger partial charge in [-0.15, -0.1) is 0 Å². The molecular weight excluding hydrogens is 194 g/mol. The largest absolute Gasteiger partial charge is 0.480 e. The van der Waals surface area contributed by atoms with E-state index >= 15 is 0 Å². The lowest BCUT2D eigenvalue weighted by Gasteiger charge is -2.08. The molecule has 0 aliphatic heterocycles. The molecular formula is C3H7NO7S. The van der Waals surface area contributed by atoms with Crippen LogP contribution in [0.3, 0.4) is 0 Å². The molecule has 0 fully saturated rings. The van der Waals surface area contributed by atoms with Gasteiger partial charge in [0.2, 0.25) is 0 Å². The van der Waals surface area contributed by atoms with Crippen molar-refractivity contribution in [2.45, 2.75) is 6.04 Å². The highest BCUT2D eigenvalue weighted by Gasteiger charge is 2.18. The van der Waals surface area contributed by atoms with Crippen LogP contribution in [-0.2, 0) is 19.5 Å². The van der Waals surface area contributed by atoms with E-state index in [1.54, 1.807) is 0 Å².